The van der Waals surface area contributed by atoms with Crippen LogP contribution in [0.15, 0.2) is 42.5 Å². The van der Waals surface area contributed by atoms with Gasteiger partial charge in [0.05, 0.1) is 6.04 Å². The van der Waals surface area contributed by atoms with Gasteiger partial charge in [0.2, 0.25) is 0 Å². The number of hydrogen-bond acceptors (Lipinski definition) is 2. The Kier molecular flexibility index (Phi) is 3.88. The highest BCUT2D eigenvalue weighted by Gasteiger charge is 2.26. The van der Waals surface area contributed by atoms with Crippen LogP contribution in [0.4, 0.5) is 8.78 Å². The van der Waals surface area contributed by atoms with Crippen molar-refractivity contribution < 1.29 is 13.5 Å². The summed E-state index contributed by atoms with van der Waals surface area (Å²) in [7, 11) is 0. The van der Waals surface area contributed by atoms with Crippen molar-refractivity contribution >= 4 is 0 Å². The van der Waals surface area contributed by atoms with Gasteiger partial charge in [0.1, 0.15) is 23.5 Å². The molecular weight excluding hydrogens is 272 g/mol. The first-order chi connectivity index (χ1) is 10.1. The van der Waals surface area contributed by atoms with E-state index in [0.717, 1.165) is 30.9 Å². The standard InChI is InChI=1S/C17H17F2NO/c18-12-8-13(19)10-14(9-12)21-16-7-3-5-11-4-1-2-6-15(11)17(16)20/h1-2,4,6,8-10,16-17H,3,5,7,20H2. The van der Waals surface area contributed by atoms with Crippen molar-refractivity contribution in [3.05, 3.63) is 65.2 Å². The molecule has 0 heterocycles. The fraction of sp³-hybridized carbons (Fsp3) is 0.294. The molecule has 2 aromatic carbocycles. The van der Waals surface area contributed by atoms with E-state index in [0.29, 0.717) is 0 Å². The van der Waals surface area contributed by atoms with Gasteiger partial charge in [-0.3, -0.25) is 0 Å². The van der Waals surface area contributed by atoms with Gasteiger partial charge in [-0.1, -0.05) is 24.3 Å². The topological polar surface area (TPSA) is 35.2 Å². The highest BCUT2D eigenvalue weighted by atomic mass is 19.1. The second-order valence-electron chi connectivity index (χ2n) is 5.38. The predicted molar refractivity (Wildman–Crippen MR) is 77.1 cm³/mol. The van der Waals surface area contributed by atoms with Crippen LogP contribution in [0, 0.1) is 11.6 Å². The van der Waals surface area contributed by atoms with Crippen LogP contribution < -0.4 is 10.5 Å². The molecule has 2 N–H and O–H groups in total. The molecule has 0 aromatic heterocycles. The molecule has 3 rings (SSSR count). The second-order valence-corrected chi connectivity index (χ2v) is 5.38. The smallest absolute Gasteiger partial charge is 0.129 e. The molecule has 1 aliphatic carbocycles. The number of aryl methyl sites for hydroxylation is 1. The summed E-state index contributed by atoms with van der Waals surface area (Å²) in [6.45, 7) is 0. The Morgan fingerprint density at radius 2 is 1.76 bits per heavy atom. The Hall–Kier alpha value is -1.94. The van der Waals surface area contributed by atoms with Gasteiger partial charge in [-0.25, -0.2) is 8.78 Å². The molecule has 1 aliphatic rings. The van der Waals surface area contributed by atoms with Crippen LogP contribution in [0.5, 0.6) is 5.75 Å². The minimum Gasteiger partial charge on any atom is -0.488 e. The fourth-order valence-electron chi connectivity index (χ4n) is 2.86. The van der Waals surface area contributed by atoms with Crippen molar-refractivity contribution in [2.75, 3.05) is 0 Å². The van der Waals surface area contributed by atoms with Gasteiger partial charge in [-0.2, -0.15) is 0 Å². The van der Waals surface area contributed by atoms with Gasteiger partial charge in [0.25, 0.3) is 0 Å². The maximum Gasteiger partial charge on any atom is 0.129 e. The zero-order valence-corrected chi connectivity index (χ0v) is 11.6. The normalized spacial score (nSPS) is 21.5. The number of benzene rings is 2. The molecule has 0 spiro atoms. The lowest BCUT2D eigenvalue weighted by atomic mass is 9.98. The Labute approximate surface area is 122 Å². The summed E-state index contributed by atoms with van der Waals surface area (Å²) in [6, 6.07) is 10.9. The maximum atomic E-state index is 13.2. The Bertz CT molecular complexity index is 624. The lowest BCUT2D eigenvalue weighted by molar-refractivity contribution is 0.161. The first-order valence-corrected chi connectivity index (χ1v) is 7.09. The summed E-state index contributed by atoms with van der Waals surface area (Å²) in [6.07, 6.45) is 2.36. The van der Waals surface area contributed by atoms with Crippen molar-refractivity contribution in [2.45, 2.75) is 31.4 Å². The van der Waals surface area contributed by atoms with Crippen LogP contribution in [0.3, 0.4) is 0 Å². The summed E-state index contributed by atoms with van der Waals surface area (Å²) in [5.41, 5.74) is 8.58. The average molecular weight is 289 g/mol. The van der Waals surface area contributed by atoms with Crippen LogP contribution in [0.25, 0.3) is 0 Å². The van der Waals surface area contributed by atoms with Gasteiger partial charge >= 0.3 is 0 Å². The van der Waals surface area contributed by atoms with Crippen molar-refractivity contribution in [3.63, 3.8) is 0 Å². The number of hydrogen-bond donors (Lipinski definition) is 1. The highest BCUT2D eigenvalue weighted by Crippen LogP contribution is 2.30. The van der Waals surface area contributed by atoms with E-state index in [-0.39, 0.29) is 17.9 Å². The van der Waals surface area contributed by atoms with Crippen LogP contribution in [-0.2, 0) is 6.42 Å². The first-order valence-electron chi connectivity index (χ1n) is 7.09. The molecule has 21 heavy (non-hydrogen) atoms. The average Bonchev–Trinajstić information content (AvgIpc) is 2.59. The minimum atomic E-state index is -0.646. The third-order valence-corrected chi connectivity index (χ3v) is 3.87. The zero-order valence-electron chi connectivity index (χ0n) is 11.6. The highest BCUT2D eigenvalue weighted by molar-refractivity contribution is 5.32. The molecule has 0 amide bonds. The summed E-state index contributed by atoms with van der Waals surface area (Å²) >= 11 is 0. The molecule has 0 saturated carbocycles. The quantitative estimate of drug-likeness (QED) is 0.855. The van der Waals surface area contributed by atoms with E-state index in [1.807, 2.05) is 18.2 Å². The Morgan fingerprint density at radius 3 is 2.52 bits per heavy atom. The molecule has 2 nitrogen and oxygen atoms in total. The maximum absolute atomic E-state index is 13.2. The number of halogens is 2. The van der Waals surface area contributed by atoms with Crippen molar-refractivity contribution in [1.29, 1.82) is 0 Å². The van der Waals surface area contributed by atoms with Crippen LogP contribution in [0.2, 0.25) is 0 Å². The molecule has 0 aliphatic heterocycles. The molecule has 2 atom stereocenters. The molecular formula is C17H17F2NO. The summed E-state index contributed by atoms with van der Waals surface area (Å²) in [5.74, 6) is -1.10. The van der Waals surface area contributed by atoms with E-state index >= 15 is 0 Å². The van der Waals surface area contributed by atoms with E-state index in [2.05, 4.69) is 6.07 Å². The second kappa shape index (κ2) is 5.82. The van der Waals surface area contributed by atoms with Crippen LogP contribution in [-0.4, -0.2) is 6.10 Å². The lowest BCUT2D eigenvalue weighted by Gasteiger charge is -2.24. The number of rotatable bonds is 2. The van der Waals surface area contributed by atoms with E-state index in [9.17, 15) is 8.78 Å². The molecule has 0 radical (unpaired) electrons. The van der Waals surface area contributed by atoms with Gasteiger partial charge in [-0.05, 0) is 30.4 Å². The number of ether oxygens (including phenoxy) is 1. The third-order valence-electron chi connectivity index (χ3n) is 3.87. The summed E-state index contributed by atoms with van der Waals surface area (Å²) in [5, 5.41) is 0. The molecule has 0 saturated heterocycles. The van der Waals surface area contributed by atoms with Crippen molar-refractivity contribution in [2.24, 2.45) is 5.73 Å². The van der Waals surface area contributed by atoms with Crippen molar-refractivity contribution in [1.82, 2.24) is 0 Å². The monoisotopic (exact) mass is 289 g/mol. The zero-order chi connectivity index (χ0) is 14.8. The minimum absolute atomic E-state index is 0.187. The Morgan fingerprint density at radius 1 is 1.05 bits per heavy atom. The van der Waals surface area contributed by atoms with E-state index < -0.39 is 11.6 Å². The fourth-order valence-corrected chi connectivity index (χ4v) is 2.86. The van der Waals surface area contributed by atoms with Gasteiger partial charge in [0, 0.05) is 18.2 Å². The SMILES string of the molecule is NC1c2ccccc2CCCC1Oc1cc(F)cc(F)c1. The molecule has 0 fully saturated rings. The molecule has 2 unspecified atom stereocenters. The predicted octanol–water partition coefficient (Wildman–Crippen LogP) is 3.75. The largest absolute Gasteiger partial charge is 0.488 e. The van der Waals surface area contributed by atoms with E-state index in [4.69, 9.17) is 10.5 Å². The van der Waals surface area contributed by atoms with Crippen LogP contribution in [0.1, 0.15) is 30.0 Å². The van der Waals surface area contributed by atoms with E-state index in [1.54, 1.807) is 0 Å². The molecule has 4 heteroatoms. The van der Waals surface area contributed by atoms with Crippen molar-refractivity contribution in [3.8, 4) is 5.75 Å². The Balaban J connectivity index is 1.85. The number of nitrogens with two attached hydrogens (primary N) is 1. The lowest BCUT2D eigenvalue weighted by Crippen LogP contribution is -2.31. The van der Waals surface area contributed by atoms with Gasteiger partial charge in [0.15, 0.2) is 0 Å². The van der Waals surface area contributed by atoms with Crippen LogP contribution >= 0.6 is 0 Å². The summed E-state index contributed by atoms with van der Waals surface area (Å²) in [4.78, 5) is 0. The molecule has 0 bridgehead atoms. The summed E-state index contributed by atoms with van der Waals surface area (Å²) < 4.78 is 32.3. The number of fused-ring (bicyclic) bond motifs is 1. The molecule has 2 aromatic rings. The third kappa shape index (κ3) is 3.05. The van der Waals surface area contributed by atoms with E-state index in [1.165, 1.54) is 17.7 Å². The van der Waals surface area contributed by atoms with Gasteiger partial charge < -0.3 is 10.5 Å². The van der Waals surface area contributed by atoms with Gasteiger partial charge in [-0.15, -0.1) is 0 Å². The molecule has 110 valence electrons. The first kappa shape index (κ1) is 14.0.